The average Bonchev–Trinajstić information content (AvgIpc) is 3.26. The molecule has 33 heavy (non-hydrogen) atoms. The average molecular weight is 487 g/mol. The first-order chi connectivity index (χ1) is 15.7. The Morgan fingerprint density at radius 1 is 0.970 bits per heavy atom. The highest BCUT2D eigenvalue weighted by Crippen LogP contribution is 2.32. The Morgan fingerprint density at radius 3 is 2.15 bits per heavy atom. The Hall–Kier alpha value is -2.75. The molecule has 2 N–H and O–H groups in total. The number of benzene rings is 2. The number of rotatable bonds is 9. The second kappa shape index (κ2) is 10.9. The minimum absolute atomic E-state index is 0.0645. The van der Waals surface area contributed by atoms with Gasteiger partial charge in [-0.15, -0.1) is 11.3 Å². The largest absolute Gasteiger partial charge is 0.333 e. The van der Waals surface area contributed by atoms with E-state index in [0.717, 1.165) is 16.7 Å². The summed E-state index contributed by atoms with van der Waals surface area (Å²) in [5.41, 5.74) is 3.38. The molecule has 3 aromatic rings. The number of carbonyl (C=O) groups is 1. The molecule has 0 saturated heterocycles. The van der Waals surface area contributed by atoms with Crippen LogP contribution in [0.3, 0.4) is 0 Å². The zero-order chi connectivity index (χ0) is 24.0. The molecule has 0 saturated carbocycles. The van der Waals surface area contributed by atoms with Gasteiger partial charge < -0.3 is 5.32 Å². The van der Waals surface area contributed by atoms with E-state index in [2.05, 4.69) is 15.0 Å². The summed E-state index contributed by atoms with van der Waals surface area (Å²) < 4.78 is 29.9. The fraction of sp³-hybridized carbons (Fsp3) is 0.333. The Kier molecular flexibility index (Phi) is 8.23. The van der Waals surface area contributed by atoms with Gasteiger partial charge in [0.2, 0.25) is 0 Å². The van der Waals surface area contributed by atoms with Gasteiger partial charge in [-0.05, 0) is 28.5 Å². The maximum absolute atomic E-state index is 13.2. The molecule has 2 aromatic carbocycles. The lowest BCUT2D eigenvalue weighted by Crippen LogP contribution is -2.44. The van der Waals surface area contributed by atoms with Gasteiger partial charge in [-0.3, -0.25) is 0 Å². The number of hydrogen-bond donors (Lipinski definition) is 2. The fourth-order valence-corrected chi connectivity index (χ4v) is 5.25. The van der Waals surface area contributed by atoms with Crippen LogP contribution < -0.4 is 10.0 Å². The van der Waals surface area contributed by atoms with E-state index in [-0.39, 0.29) is 24.9 Å². The number of amides is 2. The number of hydrogen-bond acceptors (Lipinski definition) is 5. The molecule has 0 aliphatic carbocycles. The minimum atomic E-state index is -4.14. The van der Waals surface area contributed by atoms with Crippen LogP contribution in [0.25, 0.3) is 0 Å². The highest BCUT2D eigenvalue weighted by atomic mass is 32.2. The zero-order valence-corrected chi connectivity index (χ0v) is 20.9. The SMILES string of the molecule is CC(C)c1cccc(C(C)C)c1NC(=O)NS(=O)(=O)N(Cc1ccccc1)Cc1nccs1. The number of anilines is 1. The number of nitrogens with zero attached hydrogens (tertiary/aromatic N) is 2. The summed E-state index contributed by atoms with van der Waals surface area (Å²) in [6.45, 7) is 8.32. The van der Waals surface area contributed by atoms with Crippen molar-refractivity contribution in [2.75, 3.05) is 5.32 Å². The Labute approximate surface area is 200 Å². The van der Waals surface area contributed by atoms with Crippen molar-refractivity contribution >= 4 is 33.3 Å². The number of urea groups is 1. The molecule has 2 amide bonds. The second-order valence-corrected chi connectivity index (χ2v) is 11.0. The molecule has 1 aromatic heterocycles. The molecule has 9 heteroatoms. The Morgan fingerprint density at radius 2 is 1.61 bits per heavy atom. The van der Waals surface area contributed by atoms with Crippen molar-refractivity contribution < 1.29 is 13.2 Å². The van der Waals surface area contributed by atoms with Crippen molar-refractivity contribution in [1.82, 2.24) is 14.0 Å². The van der Waals surface area contributed by atoms with Crippen LogP contribution in [0.1, 0.15) is 61.2 Å². The number of para-hydroxylation sites is 1. The van der Waals surface area contributed by atoms with Crippen LogP contribution in [0, 0.1) is 0 Å². The fourth-order valence-electron chi connectivity index (χ4n) is 3.51. The smallest absolute Gasteiger partial charge is 0.307 e. The van der Waals surface area contributed by atoms with Crippen LogP contribution in [0.5, 0.6) is 0 Å². The number of thiazole rings is 1. The standard InChI is InChI=1S/C24H30N4O3S2/c1-17(2)20-11-8-12-21(18(3)4)23(20)26-24(29)27-33(30,31)28(16-22-25-13-14-32-22)15-19-9-6-5-7-10-19/h5-14,17-18H,15-16H2,1-4H3,(H2,26,27,29). The lowest BCUT2D eigenvalue weighted by Gasteiger charge is -2.23. The maximum atomic E-state index is 13.2. The third kappa shape index (κ3) is 6.63. The summed E-state index contributed by atoms with van der Waals surface area (Å²) in [7, 11) is -4.14. The van der Waals surface area contributed by atoms with Crippen molar-refractivity contribution in [2.24, 2.45) is 0 Å². The molecule has 0 atom stereocenters. The molecule has 3 rings (SSSR count). The van der Waals surface area contributed by atoms with Crippen LogP contribution in [0.15, 0.2) is 60.1 Å². The number of aromatic nitrogens is 1. The molecule has 0 bridgehead atoms. The van der Waals surface area contributed by atoms with Crippen molar-refractivity contribution in [3.8, 4) is 0 Å². The van der Waals surface area contributed by atoms with Gasteiger partial charge in [0.25, 0.3) is 0 Å². The van der Waals surface area contributed by atoms with Gasteiger partial charge in [0, 0.05) is 23.8 Å². The molecule has 0 spiro atoms. The summed E-state index contributed by atoms with van der Waals surface area (Å²) in [6, 6.07) is 14.3. The first-order valence-electron chi connectivity index (χ1n) is 10.8. The highest BCUT2D eigenvalue weighted by Gasteiger charge is 2.27. The molecule has 0 fully saturated rings. The van der Waals surface area contributed by atoms with Crippen LogP contribution in [0.2, 0.25) is 0 Å². The number of nitrogens with one attached hydrogen (secondary N) is 2. The van der Waals surface area contributed by atoms with Crippen LogP contribution in [0.4, 0.5) is 10.5 Å². The van der Waals surface area contributed by atoms with E-state index in [1.165, 1.54) is 15.6 Å². The third-order valence-electron chi connectivity index (χ3n) is 5.17. The van der Waals surface area contributed by atoms with Crippen molar-refractivity contribution in [1.29, 1.82) is 0 Å². The molecular formula is C24H30N4O3S2. The first kappa shape index (κ1) is 24.9. The van der Waals surface area contributed by atoms with E-state index in [9.17, 15) is 13.2 Å². The predicted octanol–water partition coefficient (Wildman–Crippen LogP) is 5.46. The van der Waals surface area contributed by atoms with E-state index in [4.69, 9.17) is 0 Å². The van der Waals surface area contributed by atoms with Crippen molar-refractivity contribution in [2.45, 2.75) is 52.6 Å². The summed E-state index contributed by atoms with van der Waals surface area (Å²) in [5.74, 6) is 0.324. The summed E-state index contributed by atoms with van der Waals surface area (Å²) in [5, 5.41) is 5.24. The summed E-state index contributed by atoms with van der Waals surface area (Å²) in [4.78, 5) is 17.1. The van der Waals surface area contributed by atoms with Gasteiger partial charge in [0.15, 0.2) is 0 Å². The maximum Gasteiger partial charge on any atom is 0.333 e. The second-order valence-electron chi connectivity index (χ2n) is 8.36. The Bertz CT molecular complexity index is 1140. The van der Waals surface area contributed by atoms with Gasteiger partial charge in [-0.1, -0.05) is 76.2 Å². The van der Waals surface area contributed by atoms with E-state index in [1.807, 2.05) is 76.2 Å². The summed E-state index contributed by atoms with van der Waals surface area (Å²) in [6.07, 6.45) is 1.63. The van der Waals surface area contributed by atoms with E-state index >= 15 is 0 Å². The van der Waals surface area contributed by atoms with Crippen molar-refractivity contribution in [3.63, 3.8) is 0 Å². The molecule has 0 unspecified atom stereocenters. The van der Waals surface area contributed by atoms with Gasteiger partial charge in [0.1, 0.15) is 5.01 Å². The van der Waals surface area contributed by atoms with E-state index < -0.39 is 16.2 Å². The first-order valence-corrected chi connectivity index (χ1v) is 13.1. The minimum Gasteiger partial charge on any atom is -0.307 e. The molecule has 176 valence electrons. The van der Waals surface area contributed by atoms with Gasteiger partial charge in [-0.25, -0.2) is 14.5 Å². The zero-order valence-electron chi connectivity index (χ0n) is 19.3. The summed E-state index contributed by atoms with van der Waals surface area (Å²) >= 11 is 1.36. The van der Waals surface area contributed by atoms with Gasteiger partial charge >= 0.3 is 16.2 Å². The van der Waals surface area contributed by atoms with E-state index in [1.54, 1.807) is 11.6 Å². The predicted molar refractivity (Wildman–Crippen MR) is 133 cm³/mol. The molecule has 7 nitrogen and oxygen atoms in total. The Balaban J connectivity index is 1.84. The van der Waals surface area contributed by atoms with Crippen LogP contribution in [-0.2, 0) is 23.3 Å². The van der Waals surface area contributed by atoms with E-state index in [0.29, 0.717) is 10.7 Å². The topological polar surface area (TPSA) is 91.4 Å². The van der Waals surface area contributed by atoms with Gasteiger partial charge in [0.05, 0.1) is 6.54 Å². The molecule has 0 aliphatic heterocycles. The monoisotopic (exact) mass is 486 g/mol. The third-order valence-corrected chi connectivity index (χ3v) is 7.32. The molecule has 1 heterocycles. The molecule has 0 aliphatic rings. The highest BCUT2D eigenvalue weighted by molar-refractivity contribution is 7.87. The lowest BCUT2D eigenvalue weighted by atomic mass is 9.93. The van der Waals surface area contributed by atoms with Crippen LogP contribution in [-0.4, -0.2) is 23.7 Å². The van der Waals surface area contributed by atoms with Crippen molar-refractivity contribution in [3.05, 3.63) is 81.8 Å². The normalized spacial score (nSPS) is 11.8. The van der Waals surface area contributed by atoms with Gasteiger partial charge in [-0.2, -0.15) is 12.7 Å². The molecule has 0 radical (unpaired) electrons. The molecular weight excluding hydrogens is 456 g/mol. The number of carbonyl (C=O) groups excluding carboxylic acids is 1. The lowest BCUT2D eigenvalue weighted by molar-refractivity contribution is 0.255. The quantitative estimate of drug-likeness (QED) is 0.420. The van der Waals surface area contributed by atoms with Crippen LogP contribution >= 0.6 is 11.3 Å².